The molecule has 3 aromatic rings. The van der Waals surface area contributed by atoms with Crippen molar-refractivity contribution >= 4 is 22.5 Å². The number of nitrogens with zero attached hydrogens (tertiary/aromatic N) is 1. The largest absolute Gasteiger partial charge is 0.493 e. The van der Waals surface area contributed by atoms with E-state index in [-0.39, 0.29) is 0 Å². The van der Waals surface area contributed by atoms with Crippen LogP contribution < -0.4 is 4.74 Å². The van der Waals surface area contributed by atoms with Crippen LogP contribution in [-0.2, 0) is 6.54 Å². The zero-order valence-corrected chi connectivity index (χ0v) is 11.7. The molecule has 1 atom stereocenters. The van der Waals surface area contributed by atoms with Crippen molar-refractivity contribution in [2.45, 2.75) is 12.5 Å². The standard InChI is InChI=1S/C17H14ClNO/c18-15-5-3-6-16-14(15)8-9-19(16)10-12-11-20-17-7-2-1-4-13(12)17/h1-9,12H,10-11H2. The van der Waals surface area contributed by atoms with Gasteiger partial charge in [0.1, 0.15) is 5.75 Å². The smallest absolute Gasteiger partial charge is 0.122 e. The summed E-state index contributed by atoms with van der Waals surface area (Å²) < 4.78 is 8.02. The Labute approximate surface area is 122 Å². The van der Waals surface area contributed by atoms with Crippen molar-refractivity contribution in [1.29, 1.82) is 0 Å². The fraction of sp³-hybridized carbons (Fsp3) is 0.176. The van der Waals surface area contributed by atoms with Gasteiger partial charge in [0, 0.05) is 40.1 Å². The van der Waals surface area contributed by atoms with Gasteiger partial charge in [-0.1, -0.05) is 35.9 Å². The Hall–Kier alpha value is -1.93. The number of para-hydroxylation sites is 1. The number of aromatic nitrogens is 1. The Kier molecular flexibility index (Phi) is 2.71. The fourth-order valence-electron chi connectivity index (χ4n) is 2.96. The normalized spacial score (nSPS) is 17.1. The maximum Gasteiger partial charge on any atom is 0.122 e. The number of fused-ring (bicyclic) bond motifs is 2. The molecule has 1 aliphatic rings. The molecule has 1 aromatic heterocycles. The number of ether oxygens (including phenoxy) is 1. The van der Waals surface area contributed by atoms with E-state index in [0.29, 0.717) is 5.92 Å². The molecule has 20 heavy (non-hydrogen) atoms. The first-order valence-electron chi connectivity index (χ1n) is 6.78. The van der Waals surface area contributed by atoms with E-state index in [1.54, 1.807) is 0 Å². The van der Waals surface area contributed by atoms with Gasteiger partial charge in [-0.3, -0.25) is 0 Å². The van der Waals surface area contributed by atoms with Crippen LogP contribution in [0.2, 0.25) is 5.02 Å². The summed E-state index contributed by atoms with van der Waals surface area (Å²) in [6.07, 6.45) is 2.11. The SMILES string of the molecule is Clc1cccc2c1ccn2CC1COc2ccccc21. The Bertz CT molecular complexity index is 778. The first-order chi connectivity index (χ1) is 9.83. The van der Waals surface area contributed by atoms with Gasteiger partial charge in [-0.25, -0.2) is 0 Å². The minimum Gasteiger partial charge on any atom is -0.493 e. The Morgan fingerprint density at radius 1 is 1.10 bits per heavy atom. The lowest BCUT2D eigenvalue weighted by Crippen LogP contribution is -2.09. The highest BCUT2D eigenvalue weighted by atomic mass is 35.5. The molecule has 0 radical (unpaired) electrons. The third-order valence-electron chi connectivity index (χ3n) is 3.98. The molecule has 2 heterocycles. The molecule has 0 amide bonds. The summed E-state index contributed by atoms with van der Waals surface area (Å²) in [5, 5.41) is 1.92. The lowest BCUT2D eigenvalue weighted by Gasteiger charge is -2.11. The second-order valence-electron chi connectivity index (χ2n) is 5.19. The number of hydrogen-bond acceptors (Lipinski definition) is 1. The average Bonchev–Trinajstić information content (AvgIpc) is 3.06. The molecule has 0 N–H and O–H groups in total. The molecule has 1 unspecified atom stereocenters. The van der Waals surface area contributed by atoms with Crippen LogP contribution in [0.25, 0.3) is 10.9 Å². The summed E-state index contributed by atoms with van der Waals surface area (Å²) in [7, 11) is 0. The van der Waals surface area contributed by atoms with Gasteiger partial charge in [-0.15, -0.1) is 0 Å². The van der Waals surface area contributed by atoms with Crippen LogP contribution in [0.5, 0.6) is 5.75 Å². The number of rotatable bonds is 2. The van der Waals surface area contributed by atoms with Crippen molar-refractivity contribution in [2.75, 3.05) is 6.61 Å². The van der Waals surface area contributed by atoms with Gasteiger partial charge in [-0.2, -0.15) is 0 Å². The van der Waals surface area contributed by atoms with E-state index >= 15 is 0 Å². The van der Waals surface area contributed by atoms with Gasteiger partial charge in [-0.05, 0) is 24.3 Å². The van der Waals surface area contributed by atoms with E-state index in [0.717, 1.165) is 29.3 Å². The molecular weight excluding hydrogens is 270 g/mol. The van der Waals surface area contributed by atoms with Crippen molar-refractivity contribution < 1.29 is 4.74 Å². The van der Waals surface area contributed by atoms with Crippen LogP contribution in [-0.4, -0.2) is 11.2 Å². The van der Waals surface area contributed by atoms with E-state index < -0.39 is 0 Å². The quantitative estimate of drug-likeness (QED) is 0.677. The van der Waals surface area contributed by atoms with Crippen LogP contribution in [0, 0.1) is 0 Å². The van der Waals surface area contributed by atoms with Gasteiger partial charge >= 0.3 is 0 Å². The molecule has 2 aromatic carbocycles. The van der Waals surface area contributed by atoms with Crippen molar-refractivity contribution in [2.24, 2.45) is 0 Å². The molecule has 0 fully saturated rings. The summed E-state index contributed by atoms with van der Waals surface area (Å²) in [5.41, 5.74) is 2.48. The lowest BCUT2D eigenvalue weighted by molar-refractivity contribution is 0.320. The Morgan fingerprint density at radius 2 is 2.00 bits per heavy atom. The minimum atomic E-state index is 0.404. The van der Waals surface area contributed by atoms with Gasteiger partial charge in [0.15, 0.2) is 0 Å². The highest BCUT2D eigenvalue weighted by Gasteiger charge is 2.24. The first-order valence-corrected chi connectivity index (χ1v) is 7.16. The molecule has 1 aliphatic heterocycles. The number of halogens is 1. The van der Waals surface area contributed by atoms with Crippen molar-refractivity contribution in [1.82, 2.24) is 4.57 Å². The predicted octanol–water partition coefficient (Wildman–Crippen LogP) is 4.47. The third-order valence-corrected chi connectivity index (χ3v) is 4.31. The molecule has 2 nitrogen and oxygen atoms in total. The first kappa shape index (κ1) is 11.9. The maximum absolute atomic E-state index is 6.23. The molecule has 3 heteroatoms. The van der Waals surface area contributed by atoms with E-state index in [1.807, 2.05) is 24.3 Å². The monoisotopic (exact) mass is 283 g/mol. The lowest BCUT2D eigenvalue weighted by atomic mass is 10.0. The van der Waals surface area contributed by atoms with Crippen LogP contribution in [0.4, 0.5) is 0 Å². The third kappa shape index (κ3) is 1.80. The maximum atomic E-state index is 6.23. The highest BCUT2D eigenvalue weighted by Crippen LogP contribution is 2.35. The van der Waals surface area contributed by atoms with E-state index in [2.05, 4.69) is 35.0 Å². The Balaban J connectivity index is 1.71. The predicted molar refractivity (Wildman–Crippen MR) is 81.6 cm³/mol. The molecule has 0 spiro atoms. The van der Waals surface area contributed by atoms with Crippen molar-refractivity contribution in [3.8, 4) is 5.75 Å². The molecule has 0 saturated heterocycles. The minimum absolute atomic E-state index is 0.404. The molecule has 0 aliphatic carbocycles. The van der Waals surface area contributed by atoms with Gasteiger partial charge in [0.2, 0.25) is 0 Å². The van der Waals surface area contributed by atoms with E-state index in [1.165, 1.54) is 11.1 Å². The summed E-state index contributed by atoms with van der Waals surface area (Å²) in [5.74, 6) is 1.42. The van der Waals surface area contributed by atoms with Crippen LogP contribution in [0.1, 0.15) is 11.5 Å². The van der Waals surface area contributed by atoms with E-state index in [9.17, 15) is 0 Å². The second kappa shape index (κ2) is 4.57. The van der Waals surface area contributed by atoms with Crippen molar-refractivity contribution in [3.05, 3.63) is 65.3 Å². The summed E-state index contributed by atoms with van der Waals surface area (Å²) in [4.78, 5) is 0. The molecule has 0 bridgehead atoms. The van der Waals surface area contributed by atoms with Gasteiger partial charge in [0.25, 0.3) is 0 Å². The van der Waals surface area contributed by atoms with Gasteiger partial charge in [0.05, 0.1) is 6.61 Å². The number of benzene rings is 2. The van der Waals surface area contributed by atoms with Crippen LogP contribution >= 0.6 is 11.6 Å². The second-order valence-corrected chi connectivity index (χ2v) is 5.59. The Morgan fingerprint density at radius 3 is 2.95 bits per heavy atom. The zero-order valence-electron chi connectivity index (χ0n) is 10.9. The molecule has 0 saturated carbocycles. The topological polar surface area (TPSA) is 14.2 Å². The summed E-state index contributed by atoms with van der Waals surface area (Å²) in [6.45, 7) is 1.67. The summed E-state index contributed by atoms with van der Waals surface area (Å²) in [6, 6.07) is 16.4. The summed E-state index contributed by atoms with van der Waals surface area (Å²) >= 11 is 6.23. The highest BCUT2D eigenvalue weighted by molar-refractivity contribution is 6.35. The van der Waals surface area contributed by atoms with Crippen LogP contribution in [0.15, 0.2) is 54.7 Å². The van der Waals surface area contributed by atoms with Crippen LogP contribution in [0.3, 0.4) is 0 Å². The molecule has 4 rings (SSSR count). The average molecular weight is 284 g/mol. The van der Waals surface area contributed by atoms with Crippen molar-refractivity contribution in [3.63, 3.8) is 0 Å². The molecular formula is C17H14ClNO. The fourth-order valence-corrected chi connectivity index (χ4v) is 3.20. The zero-order chi connectivity index (χ0) is 13.5. The number of hydrogen-bond donors (Lipinski definition) is 0. The van der Waals surface area contributed by atoms with E-state index in [4.69, 9.17) is 16.3 Å². The van der Waals surface area contributed by atoms with Gasteiger partial charge < -0.3 is 9.30 Å². The molecule has 100 valence electrons.